The number of ether oxygens (including phenoxy) is 2. The summed E-state index contributed by atoms with van der Waals surface area (Å²) in [5.41, 5.74) is 1.84. The highest BCUT2D eigenvalue weighted by Gasteiger charge is 2.08. The van der Waals surface area contributed by atoms with E-state index in [9.17, 15) is 4.79 Å². The maximum Gasteiger partial charge on any atom is 0.253 e. The van der Waals surface area contributed by atoms with Crippen LogP contribution in [0.1, 0.15) is 28.8 Å². The van der Waals surface area contributed by atoms with Crippen LogP contribution < -0.4 is 10.6 Å². The van der Waals surface area contributed by atoms with Crippen LogP contribution in [0.5, 0.6) is 0 Å². The number of methoxy groups -OCH3 is 1. The Morgan fingerprint density at radius 1 is 1.11 bits per heavy atom. The Kier molecular flexibility index (Phi) is 11.9. The molecule has 0 aromatic heterocycles. The molecule has 0 atom stereocenters. The summed E-state index contributed by atoms with van der Waals surface area (Å²) in [6.45, 7) is 3.63. The third kappa shape index (κ3) is 9.96. The van der Waals surface area contributed by atoms with Crippen molar-refractivity contribution in [1.82, 2.24) is 15.5 Å². The second-order valence-electron chi connectivity index (χ2n) is 6.39. The fourth-order valence-corrected chi connectivity index (χ4v) is 2.44. The summed E-state index contributed by atoms with van der Waals surface area (Å²) in [4.78, 5) is 17.9. The predicted octanol–water partition coefficient (Wildman–Crippen LogP) is 1.54. The van der Waals surface area contributed by atoms with Crippen LogP contribution in [0, 0.1) is 0 Å². The molecule has 0 fully saturated rings. The molecule has 1 aromatic rings. The Morgan fingerprint density at radius 2 is 1.89 bits per heavy atom. The number of nitrogens with one attached hydrogen (secondary N) is 2. The molecule has 0 heterocycles. The third-order valence-corrected chi connectivity index (χ3v) is 3.95. The first-order valence-electron chi connectivity index (χ1n) is 9.40. The van der Waals surface area contributed by atoms with E-state index in [-0.39, 0.29) is 5.91 Å². The topological polar surface area (TPSA) is 75.2 Å². The largest absolute Gasteiger partial charge is 0.382 e. The Balaban J connectivity index is 2.24. The highest BCUT2D eigenvalue weighted by atomic mass is 16.5. The highest BCUT2D eigenvalue weighted by molar-refractivity contribution is 5.94. The standard InChI is InChI=1S/C20H34N4O3/c1-21-20(22-11-5-6-13-27-15-14-26-4)23-12-10-17-8-7-9-18(16-17)19(25)24(2)3/h7-9,16H,5-6,10-15H2,1-4H3,(H2,21,22,23). The number of hydrogen-bond donors (Lipinski definition) is 2. The molecule has 0 radical (unpaired) electrons. The minimum Gasteiger partial charge on any atom is -0.382 e. The minimum absolute atomic E-state index is 0.0217. The molecule has 27 heavy (non-hydrogen) atoms. The first-order chi connectivity index (χ1) is 13.1. The summed E-state index contributed by atoms with van der Waals surface area (Å²) >= 11 is 0. The van der Waals surface area contributed by atoms with Crippen LogP contribution >= 0.6 is 0 Å². The highest BCUT2D eigenvalue weighted by Crippen LogP contribution is 2.07. The summed E-state index contributed by atoms with van der Waals surface area (Å²) in [6, 6.07) is 7.75. The van der Waals surface area contributed by atoms with Gasteiger partial charge in [-0.1, -0.05) is 12.1 Å². The summed E-state index contributed by atoms with van der Waals surface area (Å²) in [7, 11) is 6.96. The van der Waals surface area contributed by atoms with E-state index in [4.69, 9.17) is 9.47 Å². The molecular formula is C20H34N4O3. The number of rotatable bonds is 12. The summed E-state index contributed by atoms with van der Waals surface area (Å²) in [6.07, 6.45) is 2.84. The molecular weight excluding hydrogens is 344 g/mol. The SMILES string of the molecule is CN=C(NCCCCOCCOC)NCCc1cccc(C(=O)N(C)C)c1. The Morgan fingerprint density at radius 3 is 2.59 bits per heavy atom. The van der Waals surface area contributed by atoms with E-state index < -0.39 is 0 Å². The van der Waals surface area contributed by atoms with Gasteiger partial charge in [0, 0.05) is 53.5 Å². The van der Waals surface area contributed by atoms with Gasteiger partial charge in [0.2, 0.25) is 0 Å². The molecule has 0 unspecified atom stereocenters. The monoisotopic (exact) mass is 378 g/mol. The van der Waals surface area contributed by atoms with E-state index in [1.807, 2.05) is 24.3 Å². The molecule has 0 saturated heterocycles. The van der Waals surface area contributed by atoms with Crippen molar-refractivity contribution in [3.63, 3.8) is 0 Å². The molecule has 7 heteroatoms. The zero-order chi connectivity index (χ0) is 19.9. The zero-order valence-corrected chi connectivity index (χ0v) is 17.1. The van der Waals surface area contributed by atoms with Crippen LogP contribution in [0.4, 0.5) is 0 Å². The van der Waals surface area contributed by atoms with Gasteiger partial charge in [-0.2, -0.15) is 0 Å². The van der Waals surface area contributed by atoms with Crippen molar-refractivity contribution in [3.8, 4) is 0 Å². The van der Waals surface area contributed by atoms with Gasteiger partial charge in [0.05, 0.1) is 13.2 Å². The lowest BCUT2D eigenvalue weighted by molar-refractivity contribution is 0.0689. The number of amides is 1. The van der Waals surface area contributed by atoms with Crippen LogP contribution in [-0.4, -0.2) is 77.9 Å². The van der Waals surface area contributed by atoms with Crippen molar-refractivity contribution in [1.29, 1.82) is 0 Å². The van der Waals surface area contributed by atoms with Crippen LogP contribution in [0.15, 0.2) is 29.3 Å². The molecule has 1 aromatic carbocycles. The number of unbranched alkanes of at least 4 members (excludes halogenated alkanes) is 1. The third-order valence-electron chi connectivity index (χ3n) is 3.95. The number of carbonyl (C=O) groups is 1. The van der Waals surface area contributed by atoms with Crippen LogP contribution in [0.3, 0.4) is 0 Å². The molecule has 0 aliphatic rings. The molecule has 152 valence electrons. The maximum atomic E-state index is 12.0. The number of carbonyl (C=O) groups excluding carboxylic acids is 1. The van der Waals surface area contributed by atoms with E-state index in [0.29, 0.717) is 18.8 Å². The van der Waals surface area contributed by atoms with Gasteiger partial charge in [0.25, 0.3) is 5.91 Å². The van der Waals surface area contributed by atoms with Crippen LogP contribution in [0.2, 0.25) is 0 Å². The van der Waals surface area contributed by atoms with Crippen molar-refractivity contribution in [2.45, 2.75) is 19.3 Å². The van der Waals surface area contributed by atoms with Gasteiger partial charge in [-0.05, 0) is 37.0 Å². The van der Waals surface area contributed by atoms with Crippen LogP contribution in [-0.2, 0) is 15.9 Å². The average molecular weight is 379 g/mol. The number of hydrogen-bond acceptors (Lipinski definition) is 4. The van der Waals surface area contributed by atoms with Crippen molar-refractivity contribution >= 4 is 11.9 Å². The van der Waals surface area contributed by atoms with E-state index >= 15 is 0 Å². The fraction of sp³-hybridized carbons (Fsp3) is 0.600. The molecule has 1 amide bonds. The Hall–Kier alpha value is -2.12. The van der Waals surface area contributed by atoms with Gasteiger partial charge in [-0.15, -0.1) is 0 Å². The molecule has 0 saturated carbocycles. The van der Waals surface area contributed by atoms with Crippen LogP contribution in [0.25, 0.3) is 0 Å². The first-order valence-corrected chi connectivity index (χ1v) is 9.40. The van der Waals surface area contributed by atoms with Crippen molar-refractivity contribution < 1.29 is 14.3 Å². The molecule has 1 rings (SSSR count). The minimum atomic E-state index is 0.0217. The van der Waals surface area contributed by atoms with Gasteiger partial charge in [0.15, 0.2) is 5.96 Å². The van der Waals surface area contributed by atoms with Gasteiger partial charge in [0.1, 0.15) is 0 Å². The number of benzene rings is 1. The van der Waals surface area contributed by atoms with Gasteiger partial charge >= 0.3 is 0 Å². The zero-order valence-electron chi connectivity index (χ0n) is 17.1. The van der Waals surface area contributed by atoms with E-state index in [1.165, 1.54) is 0 Å². The Bertz CT molecular complexity index is 576. The molecule has 0 aliphatic heterocycles. The summed E-state index contributed by atoms with van der Waals surface area (Å²) in [5, 5.41) is 6.60. The quantitative estimate of drug-likeness (QED) is 0.328. The second-order valence-corrected chi connectivity index (χ2v) is 6.39. The Labute approximate surface area is 163 Å². The van der Waals surface area contributed by atoms with Crippen molar-refractivity contribution in [2.75, 3.05) is 61.2 Å². The van der Waals surface area contributed by atoms with E-state index in [2.05, 4.69) is 15.6 Å². The fourth-order valence-electron chi connectivity index (χ4n) is 2.44. The number of nitrogens with zero attached hydrogens (tertiary/aromatic N) is 2. The molecule has 7 nitrogen and oxygen atoms in total. The van der Waals surface area contributed by atoms with Crippen molar-refractivity contribution in [3.05, 3.63) is 35.4 Å². The number of aliphatic imine (C=N–C) groups is 1. The lowest BCUT2D eigenvalue weighted by Crippen LogP contribution is -2.38. The maximum absolute atomic E-state index is 12.0. The molecule has 0 bridgehead atoms. The van der Waals surface area contributed by atoms with Crippen molar-refractivity contribution in [2.24, 2.45) is 4.99 Å². The van der Waals surface area contributed by atoms with E-state index in [1.54, 1.807) is 33.2 Å². The summed E-state index contributed by atoms with van der Waals surface area (Å²) in [5.74, 6) is 0.810. The van der Waals surface area contributed by atoms with Gasteiger partial charge in [-0.3, -0.25) is 9.79 Å². The second kappa shape index (κ2) is 14.0. The van der Waals surface area contributed by atoms with E-state index in [0.717, 1.165) is 50.5 Å². The molecule has 0 aliphatic carbocycles. The predicted molar refractivity (Wildman–Crippen MR) is 109 cm³/mol. The average Bonchev–Trinajstić information content (AvgIpc) is 2.68. The lowest BCUT2D eigenvalue weighted by Gasteiger charge is -2.13. The molecule has 0 spiro atoms. The first kappa shape index (κ1) is 22.9. The molecule has 2 N–H and O–H groups in total. The number of guanidine groups is 1. The summed E-state index contributed by atoms with van der Waals surface area (Å²) < 4.78 is 10.4. The van der Waals surface area contributed by atoms with Gasteiger partial charge < -0.3 is 25.0 Å². The normalized spacial score (nSPS) is 11.3. The lowest BCUT2D eigenvalue weighted by atomic mass is 10.1. The smallest absolute Gasteiger partial charge is 0.253 e. The van der Waals surface area contributed by atoms with Gasteiger partial charge in [-0.25, -0.2) is 0 Å².